The Bertz CT molecular complexity index is 1420. The Morgan fingerprint density at radius 2 is 1.40 bits per heavy atom. The number of thioether (sulfide) groups is 1. The summed E-state index contributed by atoms with van der Waals surface area (Å²) in [7, 11) is 0. The molecule has 0 bridgehead atoms. The number of aromatic nitrogens is 2. The summed E-state index contributed by atoms with van der Waals surface area (Å²) in [5, 5.41) is 5.24. The fraction of sp³-hybridized carbons (Fsp3) is 0.214. The SMILES string of the molecule is CCn1c(SCCNC(=O)Nc2cc(C(F)(F)F)cc(C(F)(F)F)c2)nc(-c2ccccc2)c1-c1ccccc1. The molecule has 0 aliphatic heterocycles. The summed E-state index contributed by atoms with van der Waals surface area (Å²) in [4.78, 5) is 17.1. The van der Waals surface area contributed by atoms with Crippen LogP contribution in [0.5, 0.6) is 0 Å². The highest BCUT2D eigenvalue weighted by Crippen LogP contribution is 2.38. The van der Waals surface area contributed by atoms with Crippen LogP contribution in [0.1, 0.15) is 18.1 Å². The number of amides is 2. The van der Waals surface area contributed by atoms with Crippen molar-refractivity contribution >= 4 is 23.5 Å². The summed E-state index contributed by atoms with van der Waals surface area (Å²) in [6.07, 6.45) is -10.0. The van der Waals surface area contributed by atoms with Gasteiger partial charge in [0.25, 0.3) is 0 Å². The predicted molar refractivity (Wildman–Crippen MR) is 143 cm³/mol. The molecule has 0 saturated carbocycles. The number of hydrogen-bond acceptors (Lipinski definition) is 3. The summed E-state index contributed by atoms with van der Waals surface area (Å²) < 4.78 is 80.6. The Hall–Kier alpha value is -3.93. The molecule has 0 aliphatic carbocycles. The molecule has 2 amide bonds. The summed E-state index contributed by atoms with van der Waals surface area (Å²) in [6.45, 7) is 2.69. The third kappa shape index (κ3) is 6.98. The van der Waals surface area contributed by atoms with E-state index in [0.717, 1.165) is 22.5 Å². The van der Waals surface area contributed by atoms with E-state index in [1.165, 1.54) is 11.8 Å². The molecule has 0 saturated heterocycles. The summed E-state index contributed by atoms with van der Waals surface area (Å²) in [5.74, 6) is 0.350. The van der Waals surface area contributed by atoms with Crippen LogP contribution in [-0.4, -0.2) is 27.9 Å². The van der Waals surface area contributed by atoms with E-state index in [1.54, 1.807) is 0 Å². The predicted octanol–water partition coefficient (Wildman–Crippen LogP) is 8.19. The van der Waals surface area contributed by atoms with E-state index in [-0.39, 0.29) is 12.6 Å². The standard InChI is InChI=1S/C28H24F6N4OS/c1-2-38-24(19-11-7-4-8-12-19)23(18-9-5-3-6-10-18)37-26(38)40-14-13-35-25(39)36-22-16-20(27(29,30)31)15-21(17-22)28(32,33)34/h3-12,15-17H,2,13-14H2,1H3,(H2,35,36,39). The third-order valence-corrected chi connectivity index (χ3v) is 6.79. The average molecular weight is 579 g/mol. The fourth-order valence-electron chi connectivity index (χ4n) is 4.03. The van der Waals surface area contributed by atoms with E-state index in [1.807, 2.05) is 67.6 Å². The number of alkyl halides is 6. The second-order valence-electron chi connectivity index (χ2n) is 8.59. The molecule has 5 nitrogen and oxygen atoms in total. The van der Waals surface area contributed by atoms with E-state index in [4.69, 9.17) is 4.98 Å². The Morgan fingerprint density at radius 1 is 0.850 bits per heavy atom. The average Bonchev–Trinajstić information content (AvgIpc) is 3.29. The van der Waals surface area contributed by atoms with Crippen LogP contribution in [0, 0.1) is 0 Å². The van der Waals surface area contributed by atoms with E-state index >= 15 is 0 Å². The zero-order chi connectivity index (χ0) is 28.9. The Kier molecular flexibility index (Phi) is 8.77. The highest BCUT2D eigenvalue weighted by atomic mass is 32.2. The third-order valence-electron chi connectivity index (χ3n) is 5.81. The van der Waals surface area contributed by atoms with Gasteiger partial charge in [-0.1, -0.05) is 72.4 Å². The normalized spacial score (nSPS) is 11.9. The first kappa shape index (κ1) is 29.1. The van der Waals surface area contributed by atoms with Crippen molar-refractivity contribution in [2.75, 3.05) is 17.6 Å². The van der Waals surface area contributed by atoms with Crippen LogP contribution in [0.3, 0.4) is 0 Å². The Labute approximate surface area is 230 Å². The second kappa shape index (κ2) is 12.1. The first-order chi connectivity index (χ1) is 19.0. The van der Waals surface area contributed by atoms with Crippen molar-refractivity contribution in [3.05, 3.63) is 90.0 Å². The molecule has 0 atom stereocenters. The van der Waals surface area contributed by atoms with Gasteiger partial charge in [-0.2, -0.15) is 26.3 Å². The quantitative estimate of drug-likeness (QED) is 0.126. The number of urea groups is 1. The minimum absolute atomic E-state index is 0.00295. The lowest BCUT2D eigenvalue weighted by molar-refractivity contribution is -0.143. The number of benzene rings is 3. The smallest absolute Gasteiger partial charge is 0.337 e. The molecule has 4 aromatic rings. The van der Waals surface area contributed by atoms with Gasteiger partial charge in [-0.15, -0.1) is 0 Å². The van der Waals surface area contributed by atoms with Gasteiger partial charge in [-0.25, -0.2) is 9.78 Å². The molecule has 2 N–H and O–H groups in total. The fourth-order valence-corrected chi connectivity index (χ4v) is 4.95. The van der Waals surface area contributed by atoms with Gasteiger partial charge in [0.15, 0.2) is 5.16 Å². The lowest BCUT2D eigenvalue weighted by Crippen LogP contribution is -2.30. The van der Waals surface area contributed by atoms with Gasteiger partial charge >= 0.3 is 18.4 Å². The first-order valence-electron chi connectivity index (χ1n) is 12.2. The molecule has 0 unspecified atom stereocenters. The van der Waals surface area contributed by atoms with Crippen LogP contribution in [0.4, 0.5) is 36.8 Å². The minimum Gasteiger partial charge on any atom is -0.337 e. The molecule has 1 aromatic heterocycles. The van der Waals surface area contributed by atoms with Gasteiger partial charge in [0.1, 0.15) is 0 Å². The summed E-state index contributed by atoms with van der Waals surface area (Å²) in [6, 6.07) is 19.5. The highest BCUT2D eigenvalue weighted by molar-refractivity contribution is 7.99. The van der Waals surface area contributed by atoms with Gasteiger partial charge in [-0.05, 0) is 25.1 Å². The van der Waals surface area contributed by atoms with Gasteiger partial charge in [0.2, 0.25) is 0 Å². The maximum Gasteiger partial charge on any atom is 0.416 e. The van der Waals surface area contributed by atoms with Gasteiger partial charge < -0.3 is 15.2 Å². The van der Waals surface area contributed by atoms with Crippen LogP contribution >= 0.6 is 11.8 Å². The zero-order valence-corrected chi connectivity index (χ0v) is 21.9. The van der Waals surface area contributed by atoms with Gasteiger partial charge in [-0.3, -0.25) is 0 Å². The van der Waals surface area contributed by atoms with Crippen molar-refractivity contribution < 1.29 is 31.1 Å². The first-order valence-corrected chi connectivity index (χ1v) is 13.1. The second-order valence-corrected chi connectivity index (χ2v) is 9.65. The molecule has 0 fully saturated rings. The van der Waals surface area contributed by atoms with Crippen molar-refractivity contribution in [1.82, 2.24) is 14.9 Å². The summed E-state index contributed by atoms with van der Waals surface area (Å²) >= 11 is 1.37. The molecule has 1 heterocycles. The minimum atomic E-state index is -5.01. The van der Waals surface area contributed by atoms with Crippen LogP contribution < -0.4 is 10.6 Å². The maximum absolute atomic E-state index is 13.1. The highest BCUT2D eigenvalue weighted by Gasteiger charge is 2.37. The molecular formula is C28H24F6N4OS. The molecule has 210 valence electrons. The number of carbonyl (C=O) groups excluding carboxylic acids is 1. The molecule has 0 aliphatic rings. The molecule has 40 heavy (non-hydrogen) atoms. The monoisotopic (exact) mass is 578 g/mol. The van der Waals surface area contributed by atoms with E-state index < -0.39 is 35.2 Å². The van der Waals surface area contributed by atoms with Crippen LogP contribution in [0.15, 0.2) is 84.0 Å². The molecule has 12 heteroatoms. The van der Waals surface area contributed by atoms with Crippen LogP contribution in [-0.2, 0) is 18.9 Å². The van der Waals surface area contributed by atoms with Crippen LogP contribution in [0.2, 0.25) is 0 Å². The van der Waals surface area contributed by atoms with E-state index in [2.05, 4.69) is 15.2 Å². The summed E-state index contributed by atoms with van der Waals surface area (Å²) in [5.41, 5.74) is 0.0193. The lowest BCUT2D eigenvalue weighted by Gasteiger charge is -2.15. The number of anilines is 1. The Balaban J connectivity index is 1.46. The molecular weight excluding hydrogens is 554 g/mol. The number of carbonyl (C=O) groups is 1. The van der Waals surface area contributed by atoms with Crippen molar-refractivity contribution in [2.45, 2.75) is 31.0 Å². The Morgan fingerprint density at radius 3 is 1.93 bits per heavy atom. The zero-order valence-electron chi connectivity index (χ0n) is 21.1. The molecule has 0 radical (unpaired) electrons. The van der Waals surface area contributed by atoms with Crippen molar-refractivity contribution in [3.63, 3.8) is 0 Å². The molecule has 3 aromatic carbocycles. The molecule has 4 rings (SSSR count). The number of rotatable bonds is 8. The number of nitrogens with one attached hydrogen (secondary N) is 2. The number of hydrogen-bond donors (Lipinski definition) is 2. The number of imidazole rings is 1. The van der Waals surface area contributed by atoms with Crippen molar-refractivity contribution in [1.29, 1.82) is 0 Å². The van der Waals surface area contributed by atoms with Crippen molar-refractivity contribution in [2.24, 2.45) is 0 Å². The number of nitrogens with zero attached hydrogens (tertiary/aromatic N) is 2. The topological polar surface area (TPSA) is 59.0 Å². The van der Waals surface area contributed by atoms with Crippen molar-refractivity contribution in [3.8, 4) is 22.5 Å². The lowest BCUT2D eigenvalue weighted by atomic mass is 10.0. The largest absolute Gasteiger partial charge is 0.416 e. The molecule has 0 spiro atoms. The van der Waals surface area contributed by atoms with Gasteiger partial charge in [0.05, 0.1) is 22.5 Å². The van der Waals surface area contributed by atoms with E-state index in [0.29, 0.717) is 29.6 Å². The van der Waals surface area contributed by atoms with E-state index in [9.17, 15) is 31.1 Å². The van der Waals surface area contributed by atoms with Gasteiger partial charge in [0, 0.05) is 35.7 Å². The maximum atomic E-state index is 13.1. The van der Waals surface area contributed by atoms with Crippen LogP contribution in [0.25, 0.3) is 22.5 Å². The number of halogens is 6.